The SMILES string of the molecule is COc1ccc(C(=O)N(C)C2CN(c3ccccn3)C2)cn1. The second-order valence-electron chi connectivity index (χ2n) is 5.25. The Morgan fingerprint density at radius 1 is 1.27 bits per heavy atom. The average molecular weight is 298 g/mol. The van der Waals surface area contributed by atoms with Gasteiger partial charge in [0.1, 0.15) is 5.82 Å². The summed E-state index contributed by atoms with van der Waals surface area (Å²) in [5.41, 5.74) is 0.569. The van der Waals surface area contributed by atoms with Gasteiger partial charge in [0.2, 0.25) is 5.88 Å². The van der Waals surface area contributed by atoms with Crippen LogP contribution >= 0.6 is 0 Å². The molecule has 0 aromatic carbocycles. The number of carbonyl (C=O) groups excluding carboxylic acids is 1. The minimum Gasteiger partial charge on any atom is -0.481 e. The fraction of sp³-hybridized carbons (Fsp3) is 0.312. The summed E-state index contributed by atoms with van der Waals surface area (Å²) in [5.74, 6) is 1.43. The van der Waals surface area contributed by atoms with Crippen molar-refractivity contribution in [3.05, 3.63) is 48.3 Å². The van der Waals surface area contributed by atoms with Crippen LogP contribution in [0.4, 0.5) is 5.82 Å². The van der Waals surface area contributed by atoms with E-state index < -0.39 is 0 Å². The number of pyridine rings is 2. The molecule has 0 saturated carbocycles. The lowest BCUT2D eigenvalue weighted by Gasteiger charge is -2.44. The zero-order chi connectivity index (χ0) is 15.5. The molecule has 1 amide bonds. The maximum atomic E-state index is 12.4. The molecule has 0 bridgehead atoms. The van der Waals surface area contributed by atoms with Crippen LogP contribution in [0.1, 0.15) is 10.4 Å². The van der Waals surface area contributed by atoms with E-state index in [4.69, 9.17) is 4.74 Å². The first-order valence-corrected chi connectivity index (χ1v) is 7.12. The number of rotatable bonds is 4. The fourth-order valence-electron chi connectivity index (χ4n) is 2.43. The Kier molecular flexibility index (Phi) is 3.91. The Bertz CT molecular complexity index is 639. The molecule has 3 rings (SSSR count). The summed E-state index contributed by atoms with van der Waals surface area (Å²) in [5, 5.41) is 0. The van der Waals surface area contributed by atoms with Crippen molar-refractivity contribution in [1.29, 1.82) is 0 Å². The van der Waals surface area contributed by atoms with Gasteiger partial charge in [0.15, 0.2) is 0 Å². The molecule has 1 fully saturated rings. The molecule has 2 aromatic rings. The number of ether oxygens (including phenoxy) is 1. The monoisotopic (exact) mass is 298 g/mol. The van der Waals surface area contributed by atoms with Crippen LogP contribution in [0.5, 0.6) is 5.88 Å². The van der Waals surface area contributed by atoms with Crippen molar-refractivity contribution in [2.45, 2.75) is 6.04 Å². The normalized spacial score (nSPS) is 14.4. The van der Waals surface area contributed by atoms with Gasteiger partial charge in [0.25, 0.3) is 5.91 Å². The number of hydrogen-bond acceptors (Lipinski definition) is 5. The Morgan fingerprint density at radius 3 is 2.68 bits per heavy atom. The first kappa shape index (κ1) is 14.3. The van der Waals surface area contributed by atoms with E-state index in [0.29, 0.717) is 11.4 Å². The number of nitrogens with zero attached hydrogens (tertiary/aromatic N) is 4. The molecule has 6 nitrogen and oxygen atoms in total. The summed E-state index contributed by atoms with van der Waals surface area (Å²) in [7, 11) is 3.38. The Balaban J connectivity index is 1.60. The molecular weight excluding hydrogens is 280 g/mol. The Morgan fingerprint density at radius 2 is 2.09 bits per heavy atom. The molecule has 0 N–H and O–H groups in total. The highest BCUT2D eigenvalue weighted by molar-refractivity contribution is 5.94. The van der Waals surface area contributed by atoms with Crippen LogP contribution in [0, 0.1) is 0 Å². The summed E-state index contributed by atoms with van der Waals surface area (Å²) >= 11 is 0. The molecule has 0 aliphatic carbocycles. The number of hydrogen-bond donors (Lipinski definition) is 0. The van der Waals surface area contributed by atoms with Crippen LogP contribution in [0.3, 0.4) is 0 Å². The molecule has 0 radical (unpaired) electrons. The molecule has 1 aliphatic heterocycles. The molecule has 0 unspecified atom stereocenters. The van der Waals surface area contributed by atoms with Gasteiger partial charge in [-0.05, 0) is 18.2 Å². The zero-order valence-corrected chi connectivity index (χ0v) is 12.6. The van der Waals surface area contributed by atoms with Gasteiger partial charge in [-0.1, -0.05) is 6.07 Å². The van der Waals surface area contributed by atoms with Crippen LogP contribution in [-0.4, -0.2) is 54.1 Å². The van der Waals surface area contributed by atoms with Gasteiger partial charge in [0.05, 0.1) is 18.7 Å². The lowest BCUT2D eigenvalue weighted by molar-refractivity contribution is 0.0704. The van der Waals surface area contributed by atoms with E-state index in [1.807, 2.05) is 25.2 Å². The second-order valence-corrected chi connectivity index (χ2v) is 5.25. The van der Waals surface area contributed by atoms with Crippen molar-refractivity contribution in [3.63, 3.8) is 0 Å². The van der Waals surface area contributed by atoms with Crippen molar-refractivity contribution < 1.29 is 9.53 Å². The average Bonchev–Trinajstić information content (AvgIpc) is 2.54. The minimum atomic E-state index is -0.0270. The van der Waals surface area contributed by atoms with E-state index in [0.717, 1.165) is 18.9 Å². The predicted octanol–water partition coefficient (Wildman–Crippen LogP) is 1.45. The third-order valence-corrected chi connectivity index (χ3v) is 3.90. The van der Waals surface area contributed by atoms with E-state index >= 15 is 0 Å². The number of amides is 1. The van der Waals surface area contributed by atoms with Gasteiger partial charge in [0, 0.05) is 38.6 Å². The van der Waals surface area contributed by atoms with Gasteiger partial charge in [-0.3, -0.25) is 4.79 Å². The first-order chi connectivity index (χ1) is 10.7. The number of carbonyl (C=O) groups is 1. The number of aromatic nitrogens is 2. The summed E-state index contributed by atoms with van der Waals surface area (Å²) in [6.45, 7) is 1.59. The minimum absolute atomic E-state index is 0.0270. The number of likely N-dealkylation sites (N-methyl/N-ethyl adjacent to an activating group) is 1. The highest BCUT2D eigenvalue weighted by Crippen LogP contribution is 2.22. The van der Waals surface area contributed by atoms with Crippen LogP contribution in [-0.2, 0) is 0 Å². The van der Waals surface area contributed by atoms with E-state index in [9.17, 15) is 4.79 Å². The third kappa shape index (κ3) is 2.72. The molecule has 3 heterocycles. The van der Waals surface area contributed by atoms with Crippen LogP contribution < -0.4 is 9.64 Å². The second kappa shape index (κ2) is 6.01. The van der Waals surface area contributed by atoms with Gasteiger partial charge in [-0.25, -0.2) is 9.97 Å². The lowest BCUT2D eigenvalue weighted by Crippen LogP contribution is -2.60. The van der Waals surface area contributed by atoms with Gasteiger partial charge in [-0.2, -0.15) is 0 Å². The highest BCUT2D eigenvalue weighted by Gasteiger charge is 2.33. The van der Waals surface area contributed by atoms with Crippen molar-refractivity contribution in [3.8, 4) is 5.88 Å². The van der Waals surface area contributed by atoms with Crippen LogP contribution in [0.25, 0.3) is 0 Å². The summed E-state index contributed by atoms with van der Waals surface area (Å²) in [4.78, 5) is 24.7. The zero-order valence-electron chi connectivity index (χ0n) is 12.6. The molecule has 114 valence electrons. The smallest absolute Gasteiger partial charge is 0.255 e. The topological polar surface area (TPSA) is 58.6 Å². The highest BCUT2D eigenvalue weighted by atomic mass is 16.5. The van der Waals surface area contributed by atoms with E-state index in [1.54, 1.807) is 36.5 Å². The molecule has 6 heteroatoms. The molecule has 0 spiro atoms. The van der Waals surface area contributed by atoms with Crippen LogP contribution in [0.2, 0.25) is 0 Å². The van der Waals surface area contributed by atoms with Crippen molar-refractivity contribution >= 4 is 11.7 Å². The van der Waals surface area contributed by atoms with Crippen molar-refractivity contribution in [2.24, 2.45) is 0 Å². The maximum absolute atomic E-state index is 12.4. The van der Waals surface area contributed by atoms with E-state index in [2.05, 4.69) is 14.9 Å². The van der Waals surface area contributed by atoms with Gasteiger partial charge >= 0.3 is 0 Å². The number of anilines is 1. The largest absolute Gasteiger partial charge is 0.481 e. The first-order valence-electron chi connectivity index (χ1n) is 7.12. The molecule has 2 aromatic heterocycles. The van der Waals surface area contributed by atoms with E-state index in [1.165, 1.54) is 0 Å². The standard InChI is InChI=1S/C16H18N4O2/c1-19(16(21)12-6-7-15(22-2)18-9-12)13-10-20(11-13)14-5-3-4-8-17-14/h3-9,13H,10-11H2,1-2H3. The Labute approximate surface area is 129 Å². The molecule has 22 heavy (non-hydrogen) atoms. The van der Waals surface area contributed by atoms with Crippen LogP contribution in [0.15, 0.2) is 42.7 Å². The molecule has 1 saturated heterocycles. The predicted molar refractivity (Wildman–Crippen MR) is 83.1 cm³/mol. The van der Waals surface area contributed by atoms with Gasteiger partial charge in [-0.15, -0.1) is 0 Å². The van der Waals surface area contributed by atoms with Gasteiger partial charge < -0.3 is 14.5 Å². The number of methoxy groups -OCH3 is 1. The summed E-state index contributed by atoms with van der Waals surface area (Å²) in [6, 6.07) is 9.46. The fourth-order valence-corrected chi connectivity index (χ4v) is 2.43. The molecule has 1 aliphatic rings. The Hall–Kier alpha value is -2.63. The van der Waals surface area contributed by atoms with Crippen molar-refractivity contribution in [1.82, 2.24) is 14.9 Å². The lowest BCUT2D eigenvalue weighted by atomic mass is 10.1. The van der Waals surface area contributed by atoms with Crippen molar-refractivity contribution in [2.75, 3.05) is 32.1 Å². The molecule has 0 atom stereocenters. The maximum Gasteiger partial charge on any atom is 0.255 e. The van der Waals surface area contributed by atoms with E-state index in [-0.39, 0.29) is 11.9 Å². The quantitative estimate of drug-likeness (QED) is 0.855. The summed E-state index contributed by atoms with van der Waals surface area (Å²) in [6.07, 6.45) is 3.33. The third-order valence-electron chi connectivity index (χ3n) is 3.90. The molecular formula is C16H18N4O2. The summed E-state index contributed by atoms with van der Waals surface area (Å²) < 4.78 is 5.00.